The Bertz CT molecular complexity index is 462. The summed E-state index contributed by atoms with van der Waals surface area (Å²) in [4.78, 5) is 27.0. The number of carbonyl (C=O) groups is 2. The second kappa shape index (κ2) is 8.42. The topological polar surface area (TPSA) is 49.9 Å². The summed E-state index contributed by atoms with van der Waals surface area (Å²) >= 11 is 0. The summed E-state index contributed by atoms with van der Waals surface area (Å²) in [7, 11) is 4.97. The third-order valence-corrected chi connectivity index (χ3v) is 3.28. The zero-order chi connectivity index (χ0) is 15.8. The molecule has 21 heavy (non-hydrogen) atoms. The first-order chi connectivity index (χ1) is 9.93. The lowest BCUT2D eigenvalue weighted by atomic mass is 10.1. The predicted octanol–water partition coefficient (Wildman–Crippen LogP) is 1.39. The van der Waals surface area contributed by atoms with Gasteiger partial charge < -0.3 is 9.64 Å². The van der Waals surface area contributed by atoms with Crippen molar-refractivity contribution in [1.82, 2.24) is 9.80 Å². The van der Waals surface area contributed by atoms with E-state index in [1.165, 1.54) is 12.7 Å². The van der Waals surface area contributed by atoms with Crippen molar-refractivity contribution >= 4 is 11.9 Å². The van der Waals surface area contributed by atoms with Crippen LogP contribution in [0.5, 0.6) is 0 Å². The molecule has 0 fully saturated rings. The predicted molar refractivity (Wildman–Crippen MR) is 81.6 cm³/mol. The molecule has 0 aliphatic rings. The highest BCUT2D eigenvalue weighted by Gasteiger charge is 2.19. The van der Waals surface area contributed by atoms with Crippen LogP contribution in [-0.2, 0) is 20.9 Å². The van der Waals surface area contributed by atoms with Gasteiger partial charge in [-0.3, -0.25) is 14.5 Å². The minimum Gasteiger partial charge on any atom is -0.469 e. The molecule has 0 spiro atoms. The number of nitrogens with zero attached hydrogens (tertiary/aromatic N) is 2. The van der Waals surface area contributed by atoms with Gasteiger partial charge in [0.05, 0.1) is 19.6 Å². The number of rotatable bonds is 7. The van der Waals surface area contributed by atoms with Crippen LogP contribution in [0.4, 0.5) is 0 Å². The lowest BCUT2D eigenvalue weighted by Crippen LogP contribution is -2.39. The summed E-state index contributed by atoms with van der Waals surface area (Å²) in [6.07, 6.45) is 0. The Balaban J connectivity index is 2.43. The average Bonchev–Trinajstić information content (AvgIpc) is 2.46. The molecule has 0 saturated heterocycles. The van der Waals surface area contributed by atoms with E-state index in [0.717, 1.165) is 0 Å². The summed E-state index contributed by atoms with van der Waals surface area (Å²) < 4.78 is 4.67. The molecule has 0 heterocycles. The van der Waals surface area contributed by atoms with E-state index in [0.29, 0.717) is 19.6 Å². The summed E-state index contributed by atoms with van der Waals surface area (Å²) in [5.41, 5.74) is 1.17. The second-order valence-electron chi connectivity index (χ2n) is 5.36. The molecule has 1 atom stereocenters. The van der Waals surface area contributed by atoms with Crippen LogP contribution in [0, 0.1) is 5.92 Å². The number of hydrogen-bond donors (Lipinski definition) is 0. The maximum Gasteiger partial charge on any atom is 0.310 e. The van der Waals surface area contributed by atoms with E-state index < -0.39 is 0 Å². The first-order valence-electron chi connectivity index (χ1n) is 6.98. The van der Waals surface area contributed by atoms with Crippen LogP contribution >= 0.6 is 0 Å². The van der Waals surface area contributed by atoms with E-state index in [2.05, 4.69) is 4.74 Å². The molecule has 0 aliphatic heterocycles. The van der Waals surface area contributed by atoms with Crippen LogP contribution in [0.1, 0.15) is 12.5 Å². The van der Waals surface area contributed by atoms with Crippen molar-refractivity contribution in [3.8, 4) is 0 Å². The lowest BCUT2D eigenvalue weighted by Gasteiger charge is -2.23. The van der Waals surface area contributed by atoms with Gasteiger partial charge in [-0.2, -0.15) is 0 Å². The maximum atomic E-state index is 12.1. The second-order valence-corrected chi connectivity index (χ2v) is 5.36. The fourth-order valence-corrected chi connectivity index (χ4v) is 2.09. The largest absolute Gasteiger partial charge is 0.469 e. The average molecular weight is 292 g/mol. The van der Waals surface area contributed by atoms with Crippen LogP contribution in [0.2, 0.25) is 0 Å². The first-order valence-corrected chi connectivity index (χ1v) is 6.98. The SMILES string of the molecule is COC(=O)C(C)CN(C)C(=O)CN(C)Cc1ccccc1. The summed E-state index contributed by atoms with van der Waals surface area (Å²) in [5, 5.41) is 0. The van der Waals surface area contributed by atoms with Crippen molar-refractivity contribution in [2.24, 2.45) is 5.92 Å². The Hall–Kier alpha value is -1.88. The first kappa shape index (κ1) is 17.2. The van der Waals surface area contributed by atoms with Gasteiger partial charge in [0.15, 0.2) is 0 Å². The molecule has 0 aromatic heterocycles. The summed E-state index contributed by atoms with van der Waals surface area (Å²) in [5.74, 6) is -0.625. The fourth-order valence-electron chi connectivity index (χ4n) is 2.09. The highest BCUT2D eigenvalue weighted by atomic mass is 16.5. The number of methoxy groups -OCH3 is 1. The van der Waals surface area contributed by atoms with Crippen LogP contribution < -0.4 is 0 Å². The van der Waals surface area contributed by atoms with Gasteiger partial charge in [0, 0.05) is 20.1 Å². The minimum absolute atomic E-state index is 0.0100. The van der Waals surface area contributed by atoms with Crippen LogP contribution in [0.25, 0.3) is 0 Å². The van der Waals surface area contributed by atoms with Crippen molar-refractivity contribution in [2.75, 3.05) is 34.3 Å². The van der Waals surface area contributed by atoms with Crippen LogP contribution in [-0.4, -0.2) is 56.0 Å². The fraction of sp³-hybridized carbons (Fsp3) is 0.500. The zero-order valence-electron chi connectivity index (χ0n) is 13.2. The highest BCUT2D eigenvalue weighted by Crippen LogP contribution is 2.04. The van der Waals surface area contributed by atoms with Gasteiger partial charge in [0.1, 0.15) is 0 Å². The van der Waals surface area contributed by atoms with E-state index >= 15 is 0 Å². The van der Waals surface area contributed by atoms with Crippen molar-refractivity contribution in [1.29, 1.82) is 0 Å². The zero-order valence-corrected chi connectivity index (χ0v) is 13.2. The van der Waals surface area contributed by atoms with Gasteiger partial charge in [0.2, 0.25) is 5.91 Å². The monoisotopic (exact) mass is 292 g/mol. The van der Waals surface area contributed by atoms with E-state index in [-0.39, 0.29) is 17.8 Å². The Morgan fingerprint density at radius 3 is 2.38 bits per heavy atom. The normalized spacial score (nSPS) is 12.0. The van der Waals surface area contributed by atoms with Gasteiger partial charge >= 0.3 is 5.97 Å². The Labute approximate surface area is 126 Å². The van der Waals surface area contributed by atoms with E-state index in [4.69, 9.17) is 0 Å². The molecule has 5 heteroatoms. The maximum absolute atomic E-state index is 12.1. The summed E-state index contributed by atoms with van der Waals surface area (Å²) in [6, 6.07) is 10.00. The molecule has 5 nitrogen and oxygen atoms in total. The van der Waals surface area contributed by atoms with Crippen molar-refractivity contribution < 1.29 is 14.3 Å². The molecule has 1 aromatic rings. The molecule has 0 aliphatic carbocycles. The lowest BCUT2D eigenvalue weighted by molar-refractivity contribution is -0.146. The molecule has 1 aromatic carbocycles. The number of esters is 1. The highest BCUT2D eigenvalue weighted by molar-refractivity contribution is 5.79. The van der Waals surface area contributed by atoms with Crippen molar-refractivity contribution in [2.45, 2.75) is 13.5 Å². The number of hydrogen-bond acceptors (Lipinski definition) is 4. The molecular formula is C16H24N2O3. The van der Waals surface area contributed by atoms with Gasteiger partial charge in [0.25, 0.3) is 0 Å². The third-order valence-electron chi connectivity index (χ3n) is 3.28. The van der Waals surface area contributed by atoms with Gasteiger partial charge in [-0.05, 0) is 12.6 Å². The quantitative estimate of drug-likeness (QED) is 0.713. The Morgan fingerprint density at radius 1 is 1.19 bits per heavy atom. The van der Waals surface area contributed by atoms with Gasteiger partial charge in [-0.15, -0.1) is 0 Å². The van der Waals surface area contributed by atoms with Gasteiger partial charge in [-0.25, -0.2) is 0 Å². The minimum atomic E-state index is -0.316. The smallest absolute Gasteiger partial charge is 0.310 e. The molecular weight excluding hydrogens is 268 g/mol. The van der Waals surface area contributed by atoms with Gasteiger partial charge in [-0.1, -0.05) is 37.3 Å². The standard InChI is InChI=1S/C16H24N2O3/c1-13(16(20)21-4)10-18(3)15(19)12-17(2)11-14-8-6-5-7-9-14/h5-9,13H,10-12H2,1-4H3. The molecule has 0 saturated carbocycles. The molecule has 1 rings (SSSR count). The molecule has 1 amide bonds. The van der Waals surface area contributed by atoms with E-state index in [1.54, 1.807) is 18.9 Å². The van der Waals surface area contributed by atoms with Crippen molar-refractivity contribution in [3.05, 3.63) is 35.9 Å². The molecule has 0 bridgehead atoms. The van der Waals surface area contributed by atoms with Crippen molar-refractivity contribution in [3.63, 3.8) is 0 Å². The molecule has 116 valence electrons. The molecule has 1 unspecified atom stereocenters. The summed E-state index contributed by atoms with van der Waals surface area (Å²) in [6.45, 7) is 3.15. The number of likely N-dealkylation sites (N-methyl/N-ethyl adjacent to an activating group) is 2. The number of benzene rings is 1. The third kappa shape index (κ3) is 5.95. The van der Waals surface area contributed by atoms with Crippen LogP contribution in [0.15, 0.2) is 30.3 Å². The number of amides is 1. The van der Waals surface area contributed by atoms with E-state index in [9.17, 15) is 9.59 Å². The molecule has 0 N–H and O–H groups in total. The van der Waals surface area contributed by atoms with Crippen LogP contribution in [0.3, 0.4) is 0 Å². The number of carbonyl (C=O) groups excluding carboxylic acids is 2. The Morgan fingerprint density at radius 2 is 1.81 bits per heavy atom. The number of ether oxygens (including phenoxy) is 1. The Kier molecular flexibility index (Phi) is 6.88. The molecule has 0 radical (unpaired) electrons. The van der Waals surface area contributed by atoms with E-state index in [1.807, 2.05) is 42.3 Å².